The number of nitro groups is 2. The summed E-state index contributed by atoms with van der Waals surface area (Å²) in [6.07, 6.45) is 0.681. The van der Waals surface area contributed by atoms with E-state index in [0.717, 1.165) is 17.3 Å². The fourth-order valence-corrected chi connectivity index (χ4v) is 3.47. The summed E-state index contributed by atoms with van der Waals surface area (Å²) in [5, 5.41) is 23.0. The van der Waals surface area contributed by atoms with E-state index in [1.807, 2.05) is 51.1 Å². The van der Waals surface area contributed by atoms with E-state index in [0.29, 0.717) is 17.7 Å². The smallest absolute Gasteiger partial charge is 0.258 e. The van der Waals surface area contributed by atoms with Crippen molar-refractivity contribution in [2.24, 2.45) is 0 Å². The van der Waals surface area contributed by atoms with E-state index in [2.05, 4.69) is 0 Å². The second-order valence-electron chi connectivity index (χ2n) is 6.69. The molecule has 0 saturated heterocycles. The van der Waals surface area contributed by atoms with Crippen molar-refractivity contribution < 1.29 is 9.85 Å². The maximum atomic E-state index is 11.5. The number of thioether (sulfide) groups is 1. The van der Waals surface area contributed by atoms with Crippen LogP contribution in [0.4, 0.5) is 11.4 Å². The van der Waals surface area contributed by atoms with Crippen molar-refractivity contribution in [3.05, 3.63) is 73.8 Å². The number of nitrogens with zero attached hydrogens (tertiary/aromatic N) is 2. The van der Waals surface area contributed by atoms with Gasteiger partial charge in [-0.05, 0) is 23.0 Å². The fraction of sp³-hybridized carbons (Fsp3) is 0.333. The van der Waals surface area contributed by atoms with Crippen LogP contribution in [0.1, 0.15) is 31.9 Å². The van der Waals surface area contributed by atoms with Crippen molar-refractivity contribution in [1.29, 1.82) is 0 Å². The molecule has 0 bridgehead atoms. The third kappa shape index (κ3) is 4.79. The minimum absolute atomic E-state index is 0.124. The minimum Gasteiger partial charge on any atom is -0.258 e. The number of hydrogen-bond donors (Lipinski definition) is 0. The van der Waals surface area contributed by atoms with Crippen molar-refractivity contribution in [3.8, 4) is 0 Å². The fourth-order valence-electron chi connectivity index (χ4n) is 2.37. The zero-order chi connectivity index (χ0) is 18.6. The van der Waals surface area contributed by atoms with E-state index in [1.54, 1.807) is 0 Å². The van der Waals surface area contributed by atoms with Gasteiger partial charge in [0, 0.05) is 17.9 Å². The van der Waals surface area contributed by atoms with Gasteiger partial charge in [-0.15, -0.1) is 11.8 Å². The highest BCUT2D eigenvalue weighted by Crippen LogP contribution is 2.41. The largest absolute Gasteiger partial charge is 0.290 e. The number of aryl methyl sites for hydroxylation is 1. The van der Waals surface area contributed by atoms with Crippen molar-refractivity contribution >= 4 is 23.1 Å². The third-order valence-electron chi connectivity index (χ3n) is 3.79. The predicted molar refractivity (Wildman–Crippen MR) is 99.3 cm³/mol. The summed E-state index contributed by atoms with van der Waals surface area (Å²) in [4.78, 5) is 22.0. The first-order valence-corrected chi connectivity index (χ1v) is 8.82. The highest BCUT2D eigenvalue weighted by atomic mass is 32.2. The van der Waals surface area contributed by atoms with Gasteiger partial charge >= 0.3 is 0 Å². The Kier molecular flexibility index (Phi) is 5.79. The summed E-state index contributed by atoms with van der Waals surface area (Å²) >= 11 is 1.16. The molecule has 7 heteroatoms. The average molecular weight is 360 g/mol. The van der Waals surface area contributed by atoms with Crippen LogP contribution < -0.4 is 0 Å². The molecular weight excluding hydrogens is 340 g/mol. The Bertz CT molecular complexity index is 750. The van der Waals surface area contributed by atoms with Crippen LogP contribution in [-0.2, 0) is 11.8 Å². The van der Waals surface area contributed by atoms with E-state index >= 15 is 0 Å². The van der Waals surface area contributed by atoms with Crippen molar-refractivity contribution in [2.45, 2.75) is 37.5 Å². The molecule has 2 rings (SSSR count). The van der Waals surface area contributed by atoms with E-state index in [1.165, 1.54) is 12.1 Å². The molecule has 0 saturated carbocycles. The molecule has 0 spiro atoms. The third-order valence-corrected chi connectivity index (χ3v) is 4.90. The first kappa shape index (κ1) is 18.9. The lowest BCUT2D eigenvalue weighted by atomic mass is 9.86. The molecule has 6 nitrogen and oxygen atoms in total. The maximum absolute atomic E-state index is 11.5. The van der Waals surface area contributed by atoms with E-state index in [-0.39, 0.29) is 16.3 Å². The topological polar surface area (TPSA) is 86.3 Å². The molecule has 0 N–H and O–H groups in total. The van der Waals surface area contributed by atoms with Gasteiger partial charge in [-0.1, -0.05) is 51.1 Å². The standard InChI is InChI=1S/C18H20N2O4S/c1-18(2,3)14-11-15(19(21)22)17(16(12-14)20(23)24)25-10-9-13-7-5-4-6-8-13/h4-8,11-12H,9-10H2,1-3H3. The van der Waals surface area contributed by atoms with Crippen LogP contribution in [0, 0.1) is 20.2 Å². The Hall–Kier alpha value is -2.41. The van der Waals surface area contributed by atoms with Gasteiger partial charge in [-0.25, -0.2) is 0 Å². The minimum atomic E-state index is -0.535. The molecule has 132 valence electrons. The number of rotatable bonds is 6. The van der Waals surface area contributed by atoms with Crippen LogP contribution in [-0.4, -0.2) is 15.6 Å². The lowest BCUT2D eigenvalue weighted by Gasteiger charge is -2.19. The number of nitro benzene ring substituents is 2. The van der Waals surface area contributed by atoms with Crippen molar-refractivity contribution in [1.82, 2.24) is 0 Å². The molecule has 0 amide bonds. The van der Waals surface area contributed by atoms with Gasteiger partial charge in [0.05, 0.1) is 9.85 Å². The van der Waals surface area contributed by atoms with Crippen LogP contribution in [0.25, 0.3) is 0 Å². The second-order valence-corrected chi connectivity index (χ2v) is 7.80. The molecule has 0 atom stereocenters. The normalized spacial score (nSPS) is 11.3. The Morgan fingerprint density at radius 2 is 1.48 bits per heavy atom. The highest BCUT2D eigenvalue weighted by Gasteiger charge is 2.30. The van der Waals surface area contributed by atoms with E-state index in [4.69, 9.17) is 0 Å². The van der Waals surface area contributed by atoms with Crippen LogP contribution in [0.3, 0.4) is 0 Å². The summed E-state index contributed by atoms with van der Waals surface area (Å²) in [6.45, 7) is 5.62. The first-order valence-electron chi connectivity index (χ1n) is 7.84. The van der Waals surface area contributed by atoms with E-state index in [9.17, 15) is 20.2 Å². The molecule has 2 aromatic rings. The summed E-state index contributed by atoms with van der Waals surface area (Å²) < 4.78 is 0. The molecule has 0 heterocycles. The van der Waals surface area contributed by atoms with Gasteiger partial charge in [-0.3, -0.25) is 20.2 Å². The number of hydrogen-bond acceptors (Lipinski definition) is 5. The SMILES string of the molecule is CC(C)(C)c1cc([N+](=O)[O-])c(SCCc2ccccc2)c([N+](=O)[O-])c1. The molecule has 0 aliphatic heterocycles. The van der Waals surface area contributed by atoms with Crippen LogP contribution in [0.5, 0.6) is 0 Å². The Morgan fingerprint density at radius 1 is 0.960 bits per heavy atom. The molecule has 0 aromatic heterocycles. The molecular formula is C18H20N2O4S. The Labute approximate surface area is 150 Å². The Morgan fingerprint density at radius 3 is 1.92 bits per heavy atom. The monoisotopic (exact) mass is 360 g/mol. The summed E-state index contributed by atoms with van der Waals surface area (Å²) in [5.41, 5.74) is 0.863. The van der Waals surface area contributed by atoms with Gasteiger partial charge in [0.1, 0.15) is 0 Å². The Balaban J connectivity index is 2.37. The summed E-state index contributed by atoms with van der Waals surface area (Å²) in [6, 6.07) is 12.6. The zero-order valence-electron chi connectivity index (χ0n) is 14.4. The van der Waals surface area contributed by atoms with Crippen molar-refractivity contribution in [3.63, 3.8) is 0 Å². The maximum Gasteiger partial charge on any atom is 0.290 e. The van der Waals surface area contributed by atoms with Gasteiger partial charge < -0.3 is 0 Å². The molecule has 25 heavy (non-hydrogen) atoms. The number of benzene rings is 2. The summed E-state index contributed by atoms with van der Waals surface area (Å²) in [5.74, 6) is 0.528. The van der Waals surface area contributed by atoms with Crippen molar-refractivity contribution in [2.75, 3.05) is 5.75 Å². The second kappa shape index (κ2) is 7.65. The summed E-state index contributed by atoms with van der Waals surface area (Å²) in [7, 11) is 0. The quantitative estimate of drug-likeness (QED) is 0.404. The van der Waals surface area contributed by atoms with Gasteiger partial charge in [0.15, 0.2) is 4.90 Å². The van der Waals surface area contributed by atoms with Gasteiger partial charge in [0.25, 0.3) is 11.4 Å². The molecule has 2 aromatic carbocycles. The lowest BCUT2D eigenvalue weighted by molar-refractivity contribution is -0.399. The molecule has 0 fully saturated rings. The van der Waals surface area contributed by atoms with Crippen LogP contribution >= 0.6 is 11.8 Å². The predicted octanol–water partition coefficient (Wildman–Crippen LogP) is 5.14. The van der Waals surface area contributed by atoms with Crippen LogP contribution in [0.15, 0.2) is 47.4 Å². The van der Waals surface area contributed by atoms with Gasteiger partial charge in [0.2, 0.25) is 0 Å². The van der Waals surface area contributed by atoms with E-state index < -0.39 is 15.3 Å². The highest BCUT2D eigenvalue weighted by molar-refractivity contribution is 7.99. The lowest BCUT2D eigenvalue weighted by Crippen LogP contribution is -2.12. The molecule has 0 aliphatic rings. The molecule has 0 radical (unpaired) electrons. The average Bonchev–Trinajstić information content (AvgIpc) is 2.54. The van der Waals surface area contributed by atoms with Crippen LogP contribution in [0.2, 0.25) is 0 Å². The molecule has 0 unspecified atom stereocenters. The zero-order valence-corrected chi connectivity index (χ0v) is 15.2. The van der Waals surface area contributed by atoms with Gasteiger partial charge in [-0.2, -0.15) is 0 Å². The first-order chi connectivity index (χ1) is 11.7. The molecule has 0 aliphatic carbocycles.